The highest BCUT2D eigenvalue weighted by Crippen LogP contribution is 2.21. The van der Waals surface area contributed by atoms with Gasteiger partial charge in [0.2, 0.25) is 5.91 Å². The first-order chi connectivity index (χ1) is 14.0. The first kappa shape index (κ1) is 22.5. The summed E-state index contributed by atoms with van der Waals surface area (Å²) in [5.41, 5.74) is 2.25. The molecule has 2 rings (SSSR count). The smallest absolute Gasteiger partial charge is 0.259 e. The van der Waals surface area contributed by atoms with Crippen LogP contribution in [-0.2, 0) is 11.2 Å². The van der Waals surface area contributed by atoms with Gasteiger partial charge in [0.15, 0.2) is 0 Å². The second-order valence-corrected chi connectivity index (χ2v) is 7.35. The Balaban J connectivity index is 1.98. The molecule has 0 spiro atoms. The minimum Gasteiger partial charge on any atom is -0.493 e. The molecule has 2 amide bonds. The van der Waals surface area contributed by atoms with E-state index >= 15 is 0 Å². The lowest BCUT2D eigenvalue weighted by molar-refractivity contribution is -0.128. The number of amides is 2. The third-order valence-electron chi connectivity index (χ3n) is 4.70. The van der Waals surface area contributed by atoms with E-state index in [9.17, 15) is 9.59 Å². The molecule has 0 saturated heterocycles. The van der Waals surface area contributed by atoms with Crippen LogP contribution in [0.5, 0.6) is 5.75 Å². The van der Waals surface area contributed by atoms with Crippen molar-refractivity contribution >= 4 is 17.5 Å². The van der Waals surface area contributed by atoms with Crippen molar-refractivity contribution in [2.75, 3.05) is 26.0 Å². The van der Waals surface area contributed by atoms with Crippen LogP contribution in [0.25, 0.3) is 0 Å². The van der Waals surface area contributed by atoms with Gasteiger partial charge in [-0.2, -0.15) is 0 Å². The summed E-state index contributed by atoms with van der Waals surface area (Å²) in [4.78, 5) is 26.2. The third-order valence-corrected chi connectivity index (χ3v) is 4.70. The van der Waals surface area contributed by atoms with E-state index in [0.29, 0.717) is 36.4 Å². The molecule has 0 atom stereocenters. The van der Waals surface area contributed by atoms with Crippen LogP contribution in [0.1, 0.15) is 54.9 Å². The van der Waals surface area contributed by atoms with Gasteiger partial charge >= 0.3 is 0 Å². The maximum atomic E-state index is 12.8. The number of nitrogens with one attached hydrogen (secondary N) is 1. The lowest BCUT2D eigenvalue weighted by Gasteiger charge is -2.13. The Bertz CT molecular complexity index is 802. The molecule has 0 bridgehead atoms. The Morgan fingerprint density at radius 2 is 1.79 bits per heavy atom. The highest BCUT2D eigenvalue weighted by atomic mass is 16.5. The van der Waals surface area contributed by atoms with Gasteiger partial charge in [0.05, 0.1) is 12.2 Å². The van der Waals surface area contributed by atoms with Crippen LogP contribution >= 0.6 is 0 Å². The number of para-hydroxylation sites is 1. The Morgan fingerprint density at radius 3 is 2.55 bits per heavy atom. The van der Waals surface area contributed by atoms with Crippen molar-refractivity contribution in [3.8, 4) is 5.75 Å². The molecule has 0 saturated carbocycles. The van der Waals surface area contributed by atoms with E-state index in [0.717, 1.165) is 18.4 Å². The van der Waals surface area contributed by atoms with Gasteiger partial charge in [0.25, 0.3) is 5.91 Å². The number of nitrogens with zero attached hydrogens (tertiary/aromatic N) is 1. The Hall–Kier alpha value is -2.82. The van der Waals surface area contributed by atoms with Gasteiger partial charge in [-0.1, -0.05) is 50.5 Å². The first-order valence-corrected chi connectivity index (χ1v) is 10.3. The van der Waals surface area contributed by atoms with Crippen LogP contribution in [0.2, 0.25) is 0 Å². The van der Waals surface area contributed by atoms with Crippen LogP contribution in [0.3, 0.4) is 0 Å². The molecule has 2 aromatic carbocycles. The van der Waals surface area contributed by atoms with E-state index < -0.39 is 0 Å². The average molecular weight is 397 g/mol. The molecule has 5 heteroatoms. The fourth-order valence-electron chi connectivity index (χ4n) is 2.97. The van der Waals surface area contributed by atoms with E-state index in [2.05, 4.69) is 12.2 Å². The lowest BCUT2D eigenvalue weighted by Crippen LogP contribution is -2.21. The molecule has 156 valence electrons. The molecule has 2 aromatic rings. The molecule has 5 nitrogen and oxygen atoms in total. The van der Waals surface area contributed by atoms with Crippen molar-refractivity contribution in [2.45, 2.75) is 45.4 Å². The van der Waals surface area contributed by atoms with E-state index in [1.165, 1.54) is 12.8 Å². The van der Waals surface area contributed by atoms with Gasteiger partial charge in [0, 0.05) is 26.2 Å². The van der Waals surface area contributed by atoms with Crippen molar-refractivity contribution in [3.63, 3.8) is 0 Å². The summed E-state index contributed by atoms with van der Waals surface area (Å²) in [5, 5.41) is 2.95. The highest BCUT2D eigenvalue weighted by Gasteiger charge is 2.13. The Morgan fingerprint density at radius 1 is 1.00 bits per heavy atom. The standard InChI is InChI=1S/C24H32N2O3/c1-4-5-6-9-17-29-22-14-8-7-13-21(22)24(28)25-20-12-10-11-19(18-20)15-16-23(27)26(2)3/h7-8,10-14,18H,4-6,9,15-17H2,1-3H3,(H,25,28). The Kier molecular flexibility index (Phi) is 9.22. The quantitative estimate of drug-likeness (QED) is 0.549. The third kappa shape index (κ3) is 7.60. The zero-order valence-corrected chi connectivity index (χ0v) is 17.7. The summed E-state index contributed by atoms with van der Waals surface area (Å²) in [7, 11) is 3.50. The van der Waals surface area contributed by atoms with Gasteiger partial charge in [-0.25, -0.2) is 0 Å². The second-order valence-electron chi connectivity index (χ2n) is 7.35. The summed E-state index contributed by atoms with van der Waals surface area (Å²) in [6.45, 7) is 2.79. The molecule has 0 unspecified atom stereocenters. The van der Waals surface area contributed by atoms with Gasteiger partial charge < -0.3 is 15.0 Å². The molecular formula is C24H32N2O3. The zero-order valence-electron chi connectivity index (χ0n) is 17.7. The summed E-state index contributed by atoms with van der Waals surface area (Å²) in [6.07, 6.45) is 5.58. The summed E-state index contributed by atoms with van der Waals surface area (Å²) in [6, 6.07) is 14.9. The number of benzene rings is 2. The van der Waals surface area contributed by atoms with Crippen molar-refractivity contribution in [1.29, 1.82) is 0 Å². The minimum atomic E-state index is -0.198. The lowest BCUT2D eigenvalue weighted by atomic mass is 10.1. The van der Waals surface area contributed by atoms with E-state index in [-0.39, 0.29) is 11.8 Å². The van der Waals surface area contributed by atoms with Gasteiger partial charge in [-0.3, -0.25) is 9.59 Å². The molecule has 0 aliphatic heterocycles. The van der Waals surface area contributed by atoms with Crippen molar-refractivity contribution < 1.29 is 14.3 Å². The largest absolute Gasteiger partial charge is 0.493 e. The molecular weight excluding hydrogens is 364 g/mol. The maximum absolute atomic E-state index is 12.8. The number of anilines is 1. The maximum Gasteiger partial charge on any atom is 0.259 e. The second kappa shape index (κ2) is 11.9. The topological polar surface area (TPSA) is 58.6 Å². The zero-order chi connectivity index (χ0) is 21.1. The molecule has 0 fully saturated rings. The van der Waals surface area contributed by atoms with Crippen LogP contribution < -0.4 is 10.1 Å². The van der Waals surface area contributed by atoms with Crippen LogP contribution in [0, 0.1) is 0 Å². The number of unbranched alkanes of at least 4 members (excludes halogenated alkanes) is 3. The number of aryl methyl sites for hydroxylation is 1. The SMILES string of the molecule is CCCCCCOc1ccccc1C(=O)Nc1cccc(CCC(=O)N(C)C)c1. The number of rotatable bonds is 11. The highest BCUT2D eigenvalue weighted by molar-refractivity contribution is 6.06. The molecule has 0 heterocycles. The monoisotopic (exact) mass is 396 g/mol. The number of carbonyl (C=O) groups is 2. The first-order valence-electron chi connectivity index (χ1n) is 10.3. The molecule has 0 aliphatic rings. The summed E-state index contributed by atoms with van der Waals surface area (Å²) >= 11 is 0. The average Bonchev–Trinajstić information content (AvgIpc) is 2.72. The fourth-order valence-corrected chi connectivity index (χ4v) is 2.97. The normalized spacial score (nSPS) is 10.4. The van der Waals surface area contributed by atoms with Crippen LogP contribution in [0.4, 0.5) is 5.69 Å². The van der Waals surface area contributed by atoms with Crippen molar-refractivity contribution in [3.05, 3.63) is 59.7 Å². The number of ether oxygens (including phenoxy) is 1. The van der Waals surface area contributed by atoms with Crippen molar-refractivity contribution in [1.82, 2.24) is 4.90 Å². The van der Waals surface area contributed by atoms with Gasteiger partial charge in [-0.05, 0) is 42.7 Å². The summed E-state index contributed by atoms with van der Waals surface area (Å²) < 4.78 is 5.85. The van der Waals surface area contributed by atoms with Crippen LogP contribution in [0.15, 0.2) is 48.5 Å². The van der Waals surface area contributed by atoms with Crippen LogP contribution in [-0.4, -0.2) is 37.4 Å². The molecule has 0 radical (unpaired) electrons. The predicted molar refractivity (Wildman–Crippen MR) is 117 cm³/mol. The fraction of sp³-hybridized carbons (Fsp3) is 0.417. The number of hydrogen-bond acceptors (Lipinski definition) is 3. The number of carbonyl (C=O) groups excluding carboxylic acids is 2. The van der Waals surface area contributed by atoms with E-state index in [4.69, 9.17) is 4.74 Å². The minimum absolute atomic E-state index is 0.0875. The van der Waals surface area contributed by atoms with Gasteiger partial charge in [0.1, 0.15) is 5.75 Å². The molecule has 29 heavy (non-hydrogen) atoms. The molecule has 1 N–H and O–H groups in total. The van der Waals surface area contributed by atoms with E-state index in [1.54, 1.807) is 25.1 Å². The van der Waals surface area contributed by atoms with Gasteiger partial charge in [-0.15, -0.1) is 0 Å². The molecule has 0 aliphatic carbocycles. The molecule has 0 aromatic heterocycles. The Labute approximate surface area is 174 Å². The number of hydrogen-bond donors (Lipinski definition) is 1. The van der Waals surface area contributed by atoms with E-state index in [1.807, 2.05) is 42.5 Å². The predicted octanol–water partition coefficient (Wildman–Crippen LogP) is 4.92. The summed E-state index contributed by atoms with van der Waals surface area (Å²) in [5.74, 6) is 0.495. The van der Waals surface area contributed by atoms with Crippen molar-refractivity contribution in [2.24, 2.45) is 0 Å².